The number of anilines is 1. The van der Waals surface area contributed by atoms with Crippen molar-refractivity contribution in [3.8, 4) is 0 Å². The predicted octanol–water partition coefficient (Wildman–Crippen LogP) is 2.39. The maximum absolute atomic E-state index is 12.8. The predicted molar refractivity (Wildman–Crippen MR) is 109 cm³/mol. The normalized spacial score (nSPS) is 30.4. The van der Waals surface area contributed by atoms with Gasteiger partial charge in [-0.25, -0.2) is 0 Å². The Balaban J connectivity index is 1.22. The van der Waals surface area contributed by atoms with E-state index in [4.69, 9.17) is 0 Å². The van der Waals surface area contributed by atoms with Crippen LogP contribution in [0.5, 0.6) is 0 Å². The number of rotatable bonds is 5. The lowest BCUT2D eigenvalue weighted by Gasteiger charge is -2.49. The summed E-state index contributed by atoms with van der Waals surface area (Å²) in [7, 11) is 0. The summed E-state index contributed by atoms with van der Waals surface area (Å²) in [6.45, 7) is 2.61. The maximum atomic E-state index is 12.8. The van der Waals surface area contributed by atoms with Crippen LogP contribution in [0.25, 0.3) is 0 Å². The number of para-hydroxylation sites is 1. The van der Waals surface area contributed by atoms with Crippen molar-refractivity contribution in [1.29, 1.82) is 0 Å². The molecule has 4 atom stereocenters. The molecule has 7 heteroatoms. The Morgan fingerprint density at radius 1 is 1.24 bits per heavy atom. The van der Waals surface area contributed by atoms with E-state index in [0.29, 0.717) is 17.7 Å². The topological polar surface area (TPSA) is 83.3 Å². The van der Waals surface area contributed by atoms with Gasteiger partial charge in [0.25, 0.3) is 0 Å². The second kappa shape index (κ2) is 7.54. The van der Waals surface area contributed by atoms with E-state index in [1.165, 1.54) is 0 Å². The number of nitrogens with one attached hydrogen (secondary N) is 1. The molecule has 4 aliphatic rings. The van der Waals surface area contributed by atoms with Crippen molar-refractivity contribution < 1.29 is 9.90 Å². The smallest absolute Gasteiger partial charge is 0.229 e. The minimum Gasteiger partial charge on any atom is -0.383 e. The first-order valence-corrected chi connectivity index (χ1v) is 10.8. The molecule has 0 spiro atoms. The van der Waals surface area contributed by atoms with E-state index in [2.05, 4.69) is 20.5 Å². The maximum Gasteiger partial charge on any atom is 0.229 e. The molecule has 6 rings (SSSR count). The number of carbonyl (C=O) groups is 1. The van der Waals surface area contributed by atoms with Crippen LogP contribution in [0.1, 0.15) is 44.2 Å². The summed E-state index contributed by atoms with van der Waals surface area (Å²) in [5.74, 6) is 0.595. The number of amides is 1. The fraction of sp³-hybridized carbons (Fsp3) is 0.591. The lowest BCUT2D eigenvalue weighted by molar-refractivity contribution is -0.127. The second-order valence-electron chi connectivity index (χ2n) is 8.96. The first-order chi connectivity index (χ1) is 14.1. The minimum absolute atomic E-state index is 0.0470. The van der Waals surface area contributed by atoms with Gasteiger partial charge in [-0.3, -0.25) is 14.4 Å². The summed E-state index contributed by atoms with van der Waals surface area (Å²) >= 11 is 0. The lowest BCUT2D eigenvalue weighted by atomic mass is 9.75. The van der Waals surface area contributed by atoms with Crippen LogP contribution in [-0.4, -0.2) is 50.0 Å². The third-order valence-corrected chi connectivity index (χ3v) is 7.10. The molecule has 7 nitrogen and oxygen atoms in total. The molecule has 4 heterocycles. The number of aromatic nitrogens is 3. The van der Waals surface area contributed by atoms with E-state index in [1.54, 1.807) is 0 Å². The van der Waals surface area contributed by atoms with Crippen molar-refractivity contribution in [2.45, 2.75) is 56.7 Å². The van der Waals surface area contributed by atoms with Gasteiger partial charge in [-0.2, -0.15) is 0 Å². The number of carbonyl (C=O) groups excluding carboxylic acids is 1. The first-order valence-electron chi connectivity index (χ1n) is 10.8. The van der Waals surface area contributed by atoms with Gasteiger partial charge in [0.2, 0.25) is 5.91 Å². The van der Waals surface area contributed by atoms with E-state index in [0.717, 1.165) is 63.8 Å². The van der Waals surface area contributed by atoms with Gasteiger partial charge in [0.15, 0.2) is 0 Å². The van der Waals surface area contributed by atoms with Gasteiger partial charge in [0, 0.05) is 18.3 Å². The summed E-state index contributed by atoms with van der Waals surface area (Å²) in [6.07, 6.45) is 7.66. The van der Waals surface area contributed by atoms with Crippen molar-refractivity contribution in [3.63, 3.8) is 0 Å². The molecule has 1 aromatic carbocycles. The lowest BCUT2D eigenvalue weighted by Crippen LogP contribution is -2.57. The third kappa shape index (κ3) is 3.69. The summed E-state index contributed by atoms with van der Waals surface area (Å²) < 4.78 is 1.88. The van der Waals surface area contributed by atoms with Gasteiger partial charge in [-0.1, -0.05) is 36.3 Å². The Morgan fingerprint density at radius 3 is 2.76 bits per heavy atom. The molecular formula is C22H29N5O2. The Bertz CT molecular complexity index is 861. The average molecular weight is 396 g/mol. The second-order valence-corrected chi connectivity index (χ2v) is 8.96. The first kappa shape index (κ1) is 18.8. The molecule has 0 radical (unpaired) electrons. The summed E-state index contributed by atoms with van der Waals surface area (Å²) in [6, 6.07) is 10.1. The van der Waals surface area contributed by atoms with E-state index < -0.39 is 5.60 Å². The van der Waals surface area contributed by atoms with Crippen LogP contribution in [0.2, 0.25) is 0 Å². The third-order valence-electron chi connectivity index (χ3n) is 7.10. The Morgan fingerprint density at radius 2 is 2.03 bits per heavy atom. The number of nitrogens with zero attached hydrogens (tertiary/aromatic N) is 4. The number of hydrogen-bond acceptors (Lipinski definition) is 5. The zero-order valence-corrected chi connectivity index (χ0v) is 16.7. The van der Waals surface area contributed by atoms with E-state index in [1.807, 2.05) is 41.2 Å². The Labute approximate surface area is 171 Å². The quantitative estimate of drug-likeness (QED) is 0.812. The number of aliphatic hydroxyl groups is 1. The minimum atomic E-state index is -0.787. The highest BCUT2D eigenvalue weighted by molar-refractivity contribution is 5.93. The molecule has 4 fully saturated rings. The zero-order valence-electron chi connectivity index (χ0n) is 16.7. The monoisotopic (exact) mass is 395 g/mol. The van der Waals surface area contributed by atoms with Gasteiger partial charge in [0.1, 0.15) is 11.3 Å². The van der Waals surface area contributed by atoms with E-state index in [-0.39, 0.29) is 11.8 Å². The van der Waals surface area contributed by atoms with Crippen LogP contribution in [0.3, 0.4) is 0 Å². The van der Waals surface area contributed by atoms with E-state index in [9.17, 15) is 9.90 Å². The average Bonchev–Trinajstić information content (AvgIpc) is 3.39. The number of benzene rings is 1. The summed E-state index contributed by atoms with van der Waals surface area (Å²) in [5.41, 5.74) is 0.793. The van der Waals surface area contributed by atoms with Gasteiger partial charge in [0.05, 0.1) is 18.7 Å². The molecule has 2 N–H and O–H groups in total. The summed E-state index contributed by atoms with van der Waals surface area (Å²) in [5, 5.41) is 22.4. The largest absolute Gasteiger partial charge is 0.383 e. The molecule has 29 heavy (non-hydrogen) atoms. The molecular weight excluding hydrogens is 366 g/mol. The van der Waals surface area contributed by atoms with Crippen molar-refractivity contribution in [2.24, 2.45) is 11.8 Å². The molecule has 3 aliphatic heterocycles. The van der Waals surface area contributed by atoms with Gasteiger partial charge < -0.3 is 10.4 Å². The molecule has 1 saturated carbocycles. The van der Waals surface area contributed by atoms with Crippen molar-refractivity contribution in [3.05, 3.63) is 42.2 Å². The fourth-order valence-corrected chi connectivity index (χ4v) is 5.41. The molecule has 2 bridgehead atoms. The van der Waals surface area contributed by atoms with Gasteiger partial charge in [-0.15, -0.1) is 5.10 Å². The van der Waals surface area contributed by atoms with Crippen LogP contribution in [0.15, 0.2) is 36.5 Å². The van der Waals surface area contributed by atoms with Crippen LogP contribution >= 0.6 is 0 Å². The Hall–Kier alpha value is -2.25. The molecule has 2 aromatic rings. The SMILES string of the molecule is O=C(Nc1ccccc1)[C@H]1CN2CC[C@@H]1C[C@@H]2Cn1cc(C2(O)CCCC2)nn1. The molecule has 1 amide bonds. The highest BCUT2D eigenvalue weighted by Gasteiger charge is 2.43. The molecule has 3 saturated heterocycles. The number of fused-ring (bicyclic) bond motifs is 3. The highest BCUT2D eigenvalue weighted by Crippen LogP contribution is 2.39. The van der Waals surface area contributed by atoms with Gasteiger partial charge in [-0.05, 0) is 50.3 Å². The van der Waals surface area contributed by atoms with Crippen LogP contribution in [-0.2, 0) is 16.9 Å². The van der Waals surface area contributed by atoms with Crippen molar-refractivity contribution in [1.82, 2.24) is 19.9 Å². The molecule has 1 aromatic heterocycles. The standard InChI is InChI=1S/C22H29N5O2/c28-21(23-17-6-2-1-3-7-17)19-14-26-11-8-16(19)12-18(26)13-27-15-20(24-25-27)22(29)9-4-5-10-22/h1-3,6-7,15-16,18-19,29H,4-5,8-14H2,(H,23,28)/t16-,18-,19+/m1/s1. The van der Waals surface area contributed by atoms with Crippen LogP contribution < -0.4 is 5.32 Å². The Kier molecular flexibility index (Phi) is 4.87. The molecule has 1 aliphatic carbocycles. The summed E-state index contributed by atoms with van der Waals surface area (Å²) in [4.78, 5) is 15.2. The number of piperidine rings is 3. The van der Waals surface area contributed by atoms with Crippen molar-refractivity contribution in [2.75, 3.05) is 18.4 Å². The van der Waals surface area contributed by atoms with Crippen LogP contribution in [0.4, 0.5) is 5.69 Å². The molecule has 154 valence electrons. The number of hydrogen-bond donors (Lipinski definition) is 2. The fourth-order valence-electron chi connectivity index (χ4n) is 5.41. The van der Waals surface area contributed by atoms with E-state index >= 15 is 0 Å². The van der Waals surface area contributed by atoms with Crippen molar-refractivity contribution >= 4 is 11.6 Å². The van der Waals surface area contributed by atoms with Crippen LogP contribution in [0, 0.1) is 11.8 Å². The highest BCUT2D eigenvalue weighted by atomic mass is 16.3. The van der Waals surface area contributed by atoms with Gasteiger partial charge >= 0.3 is 0 Å². The zero-order chi connectivity index (χ0) is 19.8. The molecule has 1 unspecified atom stereocenters.